The van der Waals surface area contributed by atoms with Crippen LogP contribution < -0.4 is 14.8 Å². The van der Waals surface area contributed by atoms with E-state index in [1.165, 1.54) is 0 Å². The van der Waals surface area contributed by atoms with Crippen molar-refractivity contribution in [2.75, 3.05) is 20.8 Å². The van der Waals surface area contributed by atoms with Crippen molar-refractivity contribution in [1.82, 2.24) is 5.32 Å². The van der Waals surface area contributed by atoms with Gasteiger partial charge >= 0.3 is 0 Å². The van der Waals surface area contributed by atoms with E-state index >= 15 is 0 Å². The van der Waals surface area contributed by atoms with Gasteiger partial charge in [0.15, 0.2) is 11.5 Å². The molecule has 1 aromatic carbocycles. The van der Waals surface area contributed by atoms with Crippen molar-refractivity contribution in [3.8, 4) is 11.5 Å². The molecule has 0 saturated carbocycles. The molecule has 0 heterocycles. The summed E-state index contributed by atoms with van der Waals surface area (Å²) in [6.07, 6.45) is 0.863. The standard InChI is InChI=1S/C13H20ClNO3/c1-4-10(8-16)15-7-9-5-6-11(17-2)13(18-3)12(9)14/h5-6,10,15-16H,4,7-8H2,1-3H3. The van der Waals surface area contributed by atoms with Gasteiger partial charge in [-0.1, -0.05) is 24.6 Å². The van der Waals surface area contributed by atoms with Gasteiger partial charge < -0.3 is 19.9 Å². The van der Waals surface area contributed by atoms with Crippen LogP contribution in [0, 0.1) is 0 Å². The molecule has 1 aromatic rings. The molecule has 0 aromatic heterocycles. The molecule has 0 radical (unpaired) electrons. The van der Waals surface area contributed by atoms with Gasteiger partial charge in [-0.05, 0) is 18.1 Å². The lowest BCUT2D eigenvalue weighted by molar-refractivity contribution is 0.238. The molecule has 1 unspecified atom stereocenters. The van der Waals surface area contributed by atoms with Crippen molar-refractivity contribution in [3.05, 3.63) is 22.7 Å². The molecular formula is C13H20ClNO3. The molecule has 4 nitrogen and oxygen atoms in total. The highest BCUT2D eigenvalue weighted by Crippen LogP contribution is 2.37. The van der Waals surface area contributed by atoms with Crippen LogP contribution in [0.15, 0.2) is 12.1 Å². The van der Waals surface area contributed by atoms with Gasteiger partial charge in [0, 0.05) is 12.6 Å². The van der Waals surface area contributed by atoms with Crippen molar-refractivity contribution in [1.29, 1.82) is 0 Å². The van der Waals surface area contributed by atoms with Crippen LogP contribution in [0.5, 0.6) is 11.5 Å². The molecular weight excluding hydrogens is 254 g/mol. The van der Waals surface area contributed by atoms with Gasteiger partial charge in [-0.2, -0.15) is 0 Å². The van der Waals surface area contributed by atoms with Crippen LogP contribution in [0.4, 0.5) is 0 Å². The third-order valence-corrected chi connectivity index (χ3v) is 3.27. The van der Waals surface area contributed by atoms with E-state index in [-0.39, 0.29) is 12.6 Å². The second-order valence-electron chi connectivity index (χ2n) is 3.94. The summed E-state index contributed by atoms with van der Waals surface area (Å²) < 4.78 is 10.4. The van der Waals surface area contributed by atoms with E-state index in [4.69, 9.17) is 26.2 Å². The number of halogens is 1. The van der Waals surface area contributed by atoms with Gasteiger partial charge in [0.2, 0.25) is 0 Å². The summed E-state index contributed by atoms with van der Waals surface area (Å²) in [6, 6.07) is 3.79. The Morgan fingerprint density at radius 1 is 1.33 bits per heavy atom. The van der Waals surface area contributed by atoms with Crippen LogP contribution in [0.3, 0.4) is 0 Å². The number of ether oxygens (including phenoxy) is 2. The van der Waals surface area contributed by atoms with Crippen LogP contribution >= 0.6 is 11.6 Å². The number of hydrogen-bond donors (Lipinski definition) is 2. The van der Waals surface area contributed by atoms with Crippen LogP contribution in [0.2, 0.25) is 5.02 Å². The summed E-state index contributed by atoms with van der Waals surface area (Å²) in [4.78, 5) is 0. The summed E-state index contributed by atoms with van der Waals surface area (Å²) in [6.45, 7) is 2.71. The molecule has 0 bridgehead atoms. The molecule has 0 aliphatic heterocycles. The maximum Gasteiger partial charge on any atom is 0.179 e. The largest absolute Gasteiger partial charge is 0.493 e. The smallest absolute Gasteiger partial charge is 0.179 e. The number of aliphatic hydroxyl groups is 1. The number of benzene rings is 1. The van der Waals surface area contributed by atoms with Gasteiger partial charge in [-0.3, -0.25) is 0 Å². The van der Waals surface area contributed by atoms with Gasteiger partial charge in [0.05, 0.1) is 25.8 Å². The summed E-state index contributed by atoms with van der Waals surface area (Å²) in [5.74, 6) is 1.15. The van der Waals surface area contributed by atoms with Crippen LogP contribution in [0.1, 0.15) is 18.9 Å². The zero-order valence-corrected chi connectivity index (χ0v) is 11.8. The highest BCUT2D eigenvalue weighted by Gasteiger charge is 2.13. The van der Waals surface area contributed by atoms with Gasteiger partial charge in [0.25, 0.3) is 0 Å². The Labute approximate surface area is 113 Å². The average Bonchev–Trinajstić information content (AvgIpc) is 2.40. The first-order valence-electron chi connectivity index (χ1n) is 5.91. The van der Waals surface area contributed by atoms with Crippen molar-refractivity contribution >= 4 is 11.6 Å². The zero-order chi connectivity index (χ0) is 13.5. The van der Waals surface area contributed by atoms with Crippen molar-refractivity contribution in [2.45, 2.75) is 25.9 Å². The van der Waals surface area contributed by atoms with Gasteiger partial charge in [0.1, 0.15) is 0 Å². The Hall–Kier alpha value is -0.970. The minimum Gasteiger partial charge on any atom is -0.493 e. The van der Waals surface area contributed by atoms with Crippen LogP contribution in [-0.4, -0.2) is 32.0 Å². The predicted octanol–water partition coefficient (Wildman–Crippen LogP) is 2.22. The molecule has 18 heavy (non-hydrogen) atoms. The SMILES string of the molecule is CCC(CO)NCc1ccc(OC)c(OC)c1Cl. The lowest BCUT2D eigenvalue weighted by atomic mass is 10.1. The fourth-order valence-electron chi connectivity index (χ4n) is 1.66. The van der Waals surface area contributed by atoms with Crippen molar-refractivity contribution in [3.63, 3.8) is 0 Å². The molecule has 0 spiro atoms. The minimum atomic E-state index is 0.0779. The molecule has 0 saturated heterocycles. The Morgan fingerprint density at radius 3 is 2.56 bits per heavy atom. The second-order valence-corrected chi connectivity index (χ2v) is 4.32. The Kier molecular flexibility index (Phi) is 6.25. The molecule has 0 amide bonds. The van der Waals surface area contributed by atoms with Crippen molar-refractivity contribution in [2.24, 2.45) is 0 Å². The molecule has 1 rings (SSSR count). The monoisotopic (exact) mass is 273 g/mol. The Morgan fingerprint density at radius 2 is 2.06 bits per heavy atom. The van der Waals surface area contributed by atoms with E-state index in [1.807, 2.05) is 19.1 Å². The first-order chi connectivity index (χ1) is 8.67. The van der Waals surface area contributed by atoms with E-state index in [9.17, 15) is 0 Å². The molecule has 2 N–H and O–H groups in total. The van der Waals surface area contributed by atoms with Crippen LogP contribution in [-0.2, 0) is 6.54 Å². The Balaban J connectivity index is 2.84. The summed E-state index contributed by atoms with van der Waals surface area (Å²) in [7, 11) is 3.13. The molecule has 0 aliphatic rings. The predicted molar refractivity (Wildman–Crippen MR) is 72.6 cm³/mol. The second kappa shape index (κ2) is 7.46. The minimum absolute atomic E-state index is 0.0779. The third-order valence-electron chi connectivity index (χ3n) is 2.86. The number of methoxy groups -OCH3 is 2. The van der Waals surface area contributed by atoms with Gasteiger partial charge in [-0.25, -0.2) is 0 Å². The first kappa shape index (κ1) is 15.1. The normalized spacial score (nSPS) is 12.3. The summed E-state index contributed by atoms with van der Waals surface area (Å²) >= 11 is 6.26. The maximum atomic E-state index is 9.12. The molecule has 1 atom stereocenters. The third kappa shape index (κ3) is 3.51. The summed E-state index contributed by atoms with van der Waals surface area (Å²) in [5.41, 5.74) is 0.918. The van der Waals surface area contributed by atoms with E-state index in [2.05, 4.69) is 5.32 Å². The number of rotatable bonds is 7. The fraction of sp³-hybridized carbons (Fsp3) is 0.538. The fourth-order valence-corrected chi connectivity index (χ4v) is 1.96. The molecule has 0 fully saturated rings. The number of hydrogen-bond acceptors (Lipinski definition) is 4. The maximum absolute atomic E-state index is 9.12. The van der Waals surface area contributed by atoms with E-state index in [0.29, 0.717) is 23.1 Å². The molecule has 0 aliphatic carbocycles. The number of aliphatic hydroxyl groups excluding tert-OH is 1. The lowest BCUT2D eigenvalue weighted by Crippen LogP contribution is -2.31. The van der Waals surface area contributed by atoms with Gasteiger partial charge in [-0.15, -0.1) is 0 Å². The average molecular weight is 274 g/mol. The van der Waals surface area contributed by atoms with Crippen LogP contribution in [0.25, 0.3) is 0 Å². The van der Waals surface area contributed by atoms with E-state index in [0.717, 1.165) is 12.0 Å². The topological polar surface area (TPSA) is 50.7 Å². The molecule has 5 heteroatoms. The zero-order valence-electron chi connectivity index (χ0n) is 11.0. The Bertz CT molecular complexity index is 381. The lowest BCUT2D eigenvalue weighted by Gasteiger charge is -2.16. The van der Waals surface area contributed by atoms with E-state index in [1.54, 1.807) is 14.2 Å². The highest BCUT2D eigenvalue weighted by molar-refractivity contribution is 6.33. The first-order valence-corrected chi connectivity index (χ1v) is 6.29. The summed E-state index contributed by atoms with van der Waals surface area (Å²) in [5, 5.41) is 12.9. The highest BCUT2D eigenvalue weighted by atomic mass is 35.5. The molecule has 102 valence electrons. The van der Waals surface area contributed by atoms with Crippen molar-refractivity contribution < 1.29 is 14.6 Å². The quantitative estimate of drug-likeness (QED) is 0.800. The van der Waals surface area contributed by atoms with E-state index < -0.39 is 0 Å². The number of nitrogens with one attached hydrogen (secondary N) is 1.